The third-order valence-corrected chi connectivity index (χ3v) is 3.57. The van der Waals surface area contributed by atoms with Crippen LogP contribution in [-0.4, -0.2) is 31.6 Å². The SMILES string of the molecule is Cl.Cl.NCCCC(=O)NC1CCN(c2cccc(Cl)c2)C1. The van der Waals surface area contributed by atoms with Crippen molar-refractivity contribution in [1.82, 2.24) is 5.32 Å². The molecule has 3 N–H and O–H groups in total. The average Bonchev–Trinajstić information content (AvgIpc) is 2.85. The van der Waals surface area contributed by atoms with Gasteiger partial charge in [0.1, 0.15) is 0 Å². The number of carbonyl (C=O) groups is 1. The maximum absolute atomic E-state index is 11.6. The highest BCUT2D eigenvalue weighted by Crippen LogP contribution is 2.23. The molecule has 1 fully saturated rings. The van der Waals surface area contributed by atoms with Gasteiger partial charge in [0.05, 0.1) is 0 Å². The summed E-state index contributed by atoms with van der Waals surface area (Å²) in [4.78, 5) is 13.9. The molecule has 21 heavy (non-hydrogen) atoms. The molecule has 0 bridgehead atoms. The number of rotatable bonds is 5. The highest BCUT2D eigenvalue weighted by molar-refractivity contribution is 6.30. The summed E-state index contributed by atoms with van der Waals surface area (Å²) in [5.74, 6) is 0.100. The lowest BCUT2D eigenvalue weighted by molar-refractivity contribution is -0.121. The fourth-order valence-corrected chi connectivity index (χ4v) is 2.53. The number of hydrogen-bond donors (Lipinski definition) is 2. The molecule has 1 unspecified atom stereocenters. The summed E-state index contributed by atoms with van der Waals surface area (Å²) < 4.78 is 0. The molecule has 1 amide bonds. The normalized spacial score (nSPS) is 16.9. The van der Waals surface area contributed by atoms with E-state index in [1.165, 1.54) is 0 Å². The van der Waals surface area contributed by atoms with Crippen LogP contribution >= 0.6 is 36.4 Å². The molecule has 1 aromatic rings. The number of anilines is 1. The zero-order valence-corrected chi connectivity index (χ0v) is 14.1. The van der Waals surface area contributed by atoms with Crippen LogP contribution in [0.1, 0.15) is 19.3 Å². The predicted molar refractivity (Wildman–Crippen MR) is 93.0 cm³/mol. The Morgan fingerprint density at radius 2 is 2.19 bits per heavy atom. The van der Waals surface area contributed by atoms with Crippen LogP contribution in [0.2, 0.25) is 5.02 Å². The molecule has 0 aromatic heterocycles. The quantitative estimate of drug-likeness (QED) is 0.854. The molecule has 1 atom stereocenters. The summed E-state index contributed by atoms with van der Waals surface area (Å²) in [6.07, 6.45) is 2.24. The van der Waals surface area contributed by atoms with Crippen LogP contribution in [0.15, 0.2) is 24.3 Å². The van der Waals surface area contributed by atoms with Gasteiger partial charge >= 0.3 is 0 Å². The van der Waals surface area contributed by atoms with Crippen LogP contribution in [0.5, 0.6) is 0 Å². The number of nitrogens with zero attached hydrogens (tertiary/aromatic N) is 1. The maximum atomic E-state index is 11.6. The lowest BCUT2D eigenvalue weighted by Gasteiger charge is -2.19. The van der Waals surface area contributed by atoms with Crippen molar-refractivity contribution < 1.29 is 4.79 Å². The van der Waals surface area contributed by atoms with Gasteiger partial charge in [0.25, 0.3) is 0 Å². The Kier molecular flexibility index (Phi) is 9.79. The van der Waals surface area contributed by atoms with Gasteiger partial charge in [-0.3, -0.25) is 4.79 Å². The Morgan fingerprint density at radius 1 is 1.43 bits per heavy atom. The number of hydrogen-bond acceptors (Lipinski definition) is 3. The van der Waals surface area contributed by atoms with E-state index in [9.17, 15) is 4.79 Å². The van der Waals surface area contributed by atoms with E-state index in [1.807, 2.05) is 24.3 Å². The van der Waals surface area contributed by atoms with E-state index in [-0.39, 0.29) is 36.8 Å². The van der Waals surface area contributed by atoms with Crippen LogP contribution < -0.4 is 16.0 Å². The zero-order valence-electron chi connectivity index (χ0n) is 11.8. The highest BCUT2D eigenvalue weighted by atomic mass is 35.5. The van der Waals surface area contributed by atoms with Crippen molar-refractivity contribution >= 4 is 48.0 Å². The number of amides is 1. The summed E-state index contributed by atoms with van der Waals surface area (Å²) in [6, 6.07) is 8.05. The van der Waals surface area contributed by atoms with E-state index < -0.39 is 0 Å². The van der Waals surface area contributed by atoms with Gasteiger partial charge in [0.15, 0.2) is 0 Å². The Balaban J connectivity index is 0.00000200. The molecule has 120 valence electrons. The first-order chi connectivity index (χ1) is 9.19. The Hall–Kier alpha value is -0.680. The average molecular weight is 355 g/mol. The van der Waals surface area contributed by atoms with Gasteiger partial charge in [-0.25, -0.2) is 0 Å². The first-order valence-corrected chi connectivity index (χ1v) is 7.07. The minimum absolute atomic E-state index is 0. The van der Waals surface area contributed by atoms with Crippen molar-refractivity contribution in [1.29, 1.82) is 0 Å². The van der Waals surface area contributed by atoms with Gasteiger partial charge in [-0.15, -0.1) is 24.8 Å². The van der Waals surface area contributed by atoms with Crippen molar-refractivity contribution in [2.75, 3.05) is 24.5 Å². The fourth-order valence-electron chi connectivity index (χ4n) is 2.35. The molecular weight excluding hydrogens is 333 g/mol. The predicted octanol–water partition coefficient (Wildman–Crippen LogP) is 2.62. The number of benzene rings is 1. The molecule has 1 aliphatic rings. The van der Waals surface area contributed by atoms with Gasteiger partial charge in [-0.2, -0.15) is 0 Å². The molecule has 1 heterocycles. The maximum Gasteiger partial charge on any atom is 0.220 e. The van der Waals surface area contributed by atoms with Crippen molar-refractivity contribution in [3.05, 3.63) is 29.3 Å². The first-order valence-electron chi connectivity index (χ1n) is 6.69. The molecule has 0 spiro atoms. The number of nitrogens with two attached hydrogens (primary N) is 1. The molecular formula is C14H22Cl3N3O. The van der Waals surface area contributed by atoms with E-state index in [0.29, 0.717) is 13.0 Å². The summed E-state index contributed by atoms with van der Waals surface area (Å²) >= 11 is 5.99. The standard InChI is InChI=1S/C14H20ClN3O.2ClH/c15-11-3-1-4-13(9-11)18-8-6-12(10-18)17-14(19)5-2-7-16;;/h1,3-4,9,12H,2,5-8,10,16H2,(H,17,19);2*1H. The van der Waals surface area contributed by atoms with Crippen LogP contribution in [0.25, 0.3) is 0 Å². The molecule has 1 saturated heterocycles. The third-order valence-electron chi connectivity index (χ3n) is 3.33. The molecule has 2 rings (SSSR count). The van der Waals surface area contributed by atoms with Gasteiger partial charge in [0.2, 0.25) is 5.91 Å². The fraction of sp³-hybridized carbons (Fsp3) is 0.500. The second-order valence-electron chi connectivity index (χ2n) is 4.87. The van der Waals surface area contributed by atoms with Crippen molar-refractivity contribution in [2.45, 2.75) is 25.3 Å². The van der Waals surface area contributed by atoms with Crippen LogP contribution in [-0.2, 0) is 4.79 Å². The minimum Gasteiger partial charge on any atom is -0.369 e. The highest BCUT2D eigenvalue weighted by Gasteiger charge is 2.23. The van der Waals surface area contributed by atoms with E-state index in [0.717, 1.165) is 36.6 Å². The lowest BCUT2D eigenvalue weighted by atomic mass is 10.2. The van der Waals surface area contributed by atoms with Gasteiger partial charge < -0.3 is 16.0 Å². The Bertz CT molecular complexity index is 445. The molecule has 0 aliphatic carbocycles. The van der Waals surface area contributed by atoms with E-state index in [2.05, 4.69) is 10.2 Å². The molecule has 4 nitrogen and oxygen atoms in total. The Labute approximate surface area is 143 Å². The van der Waals surface area contributed by atoms with Crippen LogP contribution in [0.4, 0.5) is 5.69 Å². The number of halogens is 3. The van der Waals surface area contributed by atoms with Crippen molar-refractivity contribution in [2.24, 2.45) is 5.73 Å². The third kappa shape index (κ3) is 6.30. The van der Waals surface area contributed by atoms with Crippen LogP contribution in [0.3, 0.4) is 0 Å². The first kappa shape index (κ1) is 20.3. The zero-order chi connectivity index (χ0) is 13.7. The molecule has 0 saturated carbocycles. The van der Waals surface area contributed by atoms with E-state index >= 15 is 0 Å². The smallest absolute Gasteiger partial charge is 0.220 e. The van der Waals surface area contributed by atoms with E-state index in [4.69, 9.17) is 17.3 Å². The largest absolute Gasteiger partial charge is 0.369 e. The van der Waals surface area contributed by atoms with Crippen molar-refractivity contribution in [3.8, 4) is 0 Å². The second-order valence-corrected chi connectivity index (χ2v) is 5.31. The molecule has 0 radical (unpaired) electrons. The summed E-state index contributed by atoms with van der Waals surface area (Å²) in [5, 5.41) is 3.80. The monoisotopic (exact) mass is 353 g/mol. The second kappa shape index (κ2) is 10.1. The Morgan fingerprint density at radius 3 is 2.86 bits per heavy atom. The molecule has 1 aromatic carbocycles. The number of carbonyl (C=O) groups excluding carboxylic acids is 1. The van der Waals surface area contributed by atoms with Crippen LogP contribution in [0, 0.1) is 0 Å². The molecule has 1 aliphatic heterocycles. The van der Waals surface area contributed by atoms with E-state index in [1.54, 1.807) is 0 Å². The summed E-state index contributed by atoms with van der Waals surface area (Å²) in [7, 11) is 0. The van der Waals surface area contributed by atoms with Crippen molar-refractivity contribution in [3.63, 3.8) is 0 Å². The summed E-state index contributed by atoms with van der Waals surface area (Å²) in [6.45, 7) is 2.35. The topological polar surface area (TPSA) is 58.4 Å². The molecule has 7 heteroatoms. The van der Waals surface area contributed by atoms with Gasteiger partial charge in [-0.1, -0.05) is 17.7 Å². The minimum atomic E-state index is 0. The number of nitrogens with one attached hydrogen (secondary N) is 1. The summed E-state index contributed by atoms with van der Waals surface area (Å²) in [5.41, 5.74) is 6.51. The lowest BCUT2D eigenvalue weighted by Crippen LogP contribution is -2.37. The van der Waals surface area contributed by atoms with Gasteiger partial charge in [0, 0.05) is 36.3 Å². The van der Waals surface area contributed by atoms with Gasteiger partial charge in [-0.05, 0) is 37.6 Å².